The Balaban J connectivity index is 2.18. The van der Waals surface area contributed by atoms with Crippen LogP contribution in [0.3, 0.4) is 0 Å². The summed E-state index contributed by atoms with van der Waals surface area (Å²) in [5.74, 6) is -0.540. The zero-order valence-corrected chi connectivity index (χ0v) is 10.9. The van der Waals surface area contributed by atoms with E-state index in [4.69, 9.17) is 0 Å². The van der Waals surface area contributed by atoms with E-state index < -0.39 is 11.5 Å². The number of aliphatic carboxylic acids is 1. The molecule has 0 amide bonds. The highest BCUT2D eigenvalue weighted by atomic mass is 16.4. The molecule has 1 aromatic carbocycles. The maximum Gasteiger partial charge on any atom is 0.329 e. The minimum Gasteiger partial charge on any atom is -0.480 e. The zero-order chi connectivity index (χ0) is 13.0. The molecule has 0 bridgehead atoms. The number of benzene rings is 1. The van der Waals surface area contributed by atoms with Gasteiger partial charge in [-0.05, 0) is 37.8 Å². The van der Waals surface area contributed by atoms with Crippen molar-refractivity contribution in [2.45, 2.75) is 44.6 Å². The molecule has 0 aromatic heterocycles. The van der Waals surface area contributed by atoms with E-state index in [0.29, 0.717) is 0 Å². The van der Waals surface area contributed by atoms with Crippen molar-refractivity contribution in [3.8, 4) is 0 Å². The molecule has 1 atom stereocenters. The van der Waals surface area contributed by atoms with E-state index in [1.54, 1.807) is 0 Å². The number of anilines is 1. The highest BCUT2D eigenvalue weighted by Gasteiger charge is 2.41. The summed E-state index contributed by atoms with van der Waals surface area (Å²) in [7, 11) is 0. The van der Waals surface area contributed by atoms with Gasteiger partial charge in [-0.3, -0.25) is 0 Å². The molecule has 3 heteroatoms. The van der Waals surface area contributed by atoms with Crippen LogP contribution in [0.25, 0.3) is 0 Å². The lowest BCUT2D eigenvalue weighted by Gasteiger charge is -2.37. The van der Waals surface area contributed by atoms with E-state index in [2.05, 4.69) is 5.32 Å². The van der Waals surface area contributed by atoms with Crippen LogP contribution in [0, 0.1) is 5.92 Å². The molecule has 1 saturated carbocycles. The van der Waals surface area contributed by atoms with Crippen LogP contribution in [-0.2, 0) is 4.79 Å². The summed E-state index contributed by atoms with van der Waals surface area (Å²) < 4.78 is 0. The predicted molar refractivity (Wildman–Crippen MR) is 72.7 cm³/mol. The van der Waals surface area contributed by atoms with Gasteiger partial charge in [0.15, 0.2) is 0 Å². The Morgan fingerprint density at radius 3 is 2.39 bits per heavy atom. The number of nitrogens with one attached hydrogen (secondary N) is 1. The van der Waals surface area contributed by atoms with Crippen molar-refractivity contribution >= 4 is 11.7 Å². The van der Waals surface area contributed by atoms with Crippen LogP contribution in [0.2, 0.25) is 0 Å². The Labute approximate surface area is 108 Å². The largest absolute Gasteiger partial charge is 0.480 e. The molecule has 0 saturated heterocycles. The molecule has 98 valence electrons. The van der Waals surface area contributed by atoms with Crippen LogP contribution in [0.4, 0.5) is 5.69 Å². The summed E-state index contributed by atoms with van der Waals surface area (Å²) in [6.45, 7) is 1.82. The monoisotopic (exact) mass is 247 g/mol. The van der Waals surface area contributed by atoms with Gasteiger partial charge in [-0.1, -0.05) is 37.5 Å². The van der Waals surface area contributed by atoms with Crippen LogP contribution < -0.4 is 5.32 Å². The molecule has 2 N–H and O–H groups in total. The summed E-state index contributed by atoms with van der Waals surface area (Å²) in [6.07, 6.45) is 5.52. The molecule has 1 fully saturated rings. The normalized spacial score (nSPS) is 20.1. The third kappa shape index (κ3) is 2.66. The van der Waals surface area contributed by atoms with Gasteiger partial charge in [0.25, 0.3) is 0 Å². The average Bonchev–Trinajstić information content (AvgIpc) is 2.40. The number of carboxylic acid groups (broad SMARTS) is 1. The smallest absolute Gasteiger partial charge is 0.329 e. The molecule has 1 aromatic rings. The molecule has 0 heterocycles. The van der Waals surface area contributed by atoms with Crippen LogP contribution >= 0.6 is 0 Å². The Bertz CT molecular complexity index is 398. The van der Waals surface area contributed by atoms with E-state index in [9.17, 15) is 9.90 Å². The highest BCUT2D eigenvalue weighted by molar-refractivity contribution is 5.82. The van der Waals surface area contributed by atoms with Gasteiger partial charge in [0.1, 0.15) is 5.54 Å². The predicted octanol–water partition coefficient (Wildman–Crippen LogP) is 3.52. The summed E-state index contributed by atoms with van der Waals surface area (Å²) in [4.78, 5) is 11.7. The molecule has 0 aliphatic heterocycles. The first kappa shape index (κ1) is 12.9. The Kier molecular flexibility index (Phi) is 3.90. The quantitative estimate of drug-likeness (QED) is 0.855. The van der Waals surface area contributed by atoms with Crippen molar-refractivity contribution in [2.24, 2.45) is 5.92 Å². The van der Waals surface area contributed by atoms with Crippen molar-refractivity contribution in [3.05, 3.63) is 30.3 Å². The van der Waals surface area contributed by atoms with Gasteiger partial charge in [-0.2, -0.15) is 0 Å². The third-order valence-electron chi connectivity index (χ3n) is 4.04. The summed E-state index contributed by atoms with van der Waals surface area (Å²) in [5, 5.41) is 12.8. The summed E-state index contributed by atoms with van der Waals surface area (Å²) in [5.41, 5.74) is 0.0230. The highest BCUT2D eigenvalue weighted by Crippen LogP contribution is 2.35. The lowest BCUT2D eigenvalue weighted by Crippen LogP contribution is -2.50. The van der Waals surface area contributed by atoms with Crippen molar-refractivity contribution in [1.29, 1.82) is 0 Å². The maximum absolute atomic E-state index is 11.7. The van der Waals surface area contributed by atoms with Gasteiger partial charge >= 0.3 is 5.97 Å². The molecule has 1 aliphatic rings. The minimum atomic E-state index is -0.859. The van der Waals surface area contributed by atoms with Gasteiger partial charge < -0.3 is 10.4 Å². The van der Waals surface area contributed by atoms with Crippen molar-refractivity contribution in [2.75, 3.05) is 5.32 Å². The molecule has 0 radical (unpaired) electrons. The Morgan fingerprint density at radius 1 is 1.22 bits per heavy atom. The van der Waals surface area contributed by atoms with E-state index in [-0.39, 0.29) is 5.92 Å². The first-order valence-corrected chi connectivity index (χ1v) is 6.69. The van der Waals surface area contributed by atoms with Crippen molar-refractivity contribution < 1.29 is 9.90 Å². The fraction of sp³-hybridized carbons (Fsp3) is 0.533. The molecule has 2 rings (SSSR count). The van der Waals surface area contributed by atoms with Crippen LogP contribution in [0.1, 0.15) is 39.0 Å². The molecule has 0 spiro atoms. The van der Waals surface area contributed by atoms with Gasteiger partial charge in [0, 0.05) is 5.69 Å². The van der Waals surface area contributed by atoms with E-state index in [1.165, 1.54) is 6.42 Å². The number of rotatable bonds is 4. The third-order valence-corrected chi connectivity index (χ3v) is 4.04. The summed E-state index contributed by atoms with van der Waals surface area (Å²) in [6, 6.07) is 9.62. The van der Waals surface area contributed by atoms with E-state index in [1.807, 2.05) is 37.3 Å². The second kappa shape index (κ2) is 5.42. The fourth-order valence-corrected chi connectivity index (χ4v) is 2.83. The van der Waals surface area contributed by atoms with Crippen LogP contribution in [-0.4, -0.2) is 16.6 Å². The second-order valence-corrected chi connectivity index (χ2v) is 5.33. The van der Waals surface area contributed by atoms with Crippen molar-refractivity contribution in [3.63, 3.8) is 0 Å². The molecule has 1 aliphatic carbocycles. The fourth-order valence-electron chi connectivity index (χ4n) is 2.83. The van der Waals surface area contributed by atoms with Crippen LogP contribution in [0.15, 0.2) is 30.3 Å². The zero-order valence-electron chi connectivity index (χ0n) is 10.9. The lowest BCUT2D eigenvalue weighted by atomic mass is 9.75. The van der Waals surface area contributed by atoms with Crippen molar-refractivity contribution in [1.82, 2.24) is 0 Å². The molecular formula is C15H21NO2. The lowest BCUT2D eigenvalue weighted by molar-refractivity contribution is -0.144. The van der Waals surface area contributed by atoms with E-state index in [0.717, 1.165) is 31.4 Å². The first-order chi connectivity index (χ1) is 8.63. The number of hydrogen-bond acceptors (Lipinski definition) is 2. The minimum absolute atomic E-state index is 0.212. The standard InChI is InChI=1S/C15H21NO2/c1-15(14(17)18,12-8-4-2-5-9-12)16-13-10-6-3-7-11-13/h3,6-7,10-12,16H,2,4-5,8-9H2,1H3,(H,17,18). The molecule has 3 nitrogen and oxygen atoms in total. The van der Waals surface area contributed by atoms with E-state index >= 15 is 0 Å². The maximum atomic E-state index is 11.7. The van der Waals surface area contributed by atoms with Gasteiger partial charge in [-0.15, -0.1) is 0 Å². The van der Waals surface area contributed by atoms with Gasteiger partial charge in [-0.25, -0.2) is 4.79 Å². The number of para-hydroxylation sites is 1. The Hall–Kier alpha value is -1.51. The molecule has 1 unspecified atom stereocenters. The molecular weight excluding hydrogens is 226 g/mol. The average molecular weight is 247 g/mol. The topological polar surface area (TPSA) is 49.3 Å². The van der Waals surface area contributed by atoms with Crippen LogP contribution in [0.5, 0.6) is 0 Å². The SMILES string of the molecule is CC(Nc1ccccc1)(C(=O)O)C1CCCCC1. The van der Waals surface area contributed by atoms with Gasteiger partial charge in [0.2, 0.25) is 0 Å². The van der Waals surface area contributed by atoms with Gasteiger partial charge in [0.05, 0.1) is 0 Å². The first-order valence-electron chi connectivity index (χ1n) is 6.69. The molecule has 18 heavy (non-hydrogen) atoms. The second-order valence-electron chi connectivity index (χ2n) is 5.33. The number of carboxylic acids is 1. The summed E-state index contributed by atoms with van der Waals surface area (Å²) >= 11 is 0. The number of carbonyl (C=O) groups is 1. The number of hydrogen-bond donors (Lipinski definition) is 2. The Morgan fingerprint density at radius 2 is 1.83 bits per heavy atom.